The van der Waals surface area contributed by atoms with Crippen molar-refractivity contribution in [1.82, 2.24) is 0 Å². The summed E-state index contributed by atoms with van der Waals surface area (Å²) in [6.07, 6.45) is -2.89. The molecule has 0 saturated carbocycles. The summed E-state index contributed by atoms with van der Waals surface area (Å²) >= 11 is 0. The minimum Gasteiger partial charge on any atom is -0.466 e. The van der Waals surface area contributed by atoms with Crippen molar-refractivity contribution >= 4 is 17.9 Å². The highest BCUT2D eigenvalue weighted by Crippen LogP contribution is 1.97. The Morgan fingerprint density at radius 3 is 1.65 bits per heavy atom. The van der Waals surface area contributed by atoms with Crippen molar-refractivity contribution < 1.29 is 43.9 Å². The number of hydrogen-bond donors (Lipinski definition) is 3. The van der Waals surface area contributed by atoms with Crippen LogP contribution >= 0.6 is 0 Å². The van der Waals surface area contributed by atoms with E-state index in [0.717, 1.165) is 0 Å². The first-order valence-electron chi connectivity index (χ1n) is 7.27. The first kappa shape index (κ1) is 23.6. The van der Waals surface area contributed by atoms with Gasteiger partial charge in [-0.3, -0.25) is 9.59 Å². The van der Waals surface area contributed by atoms with Gasteiger partial charge in [0.05, 0.1) is 45.4 Å². The van der Waals surface area contributed by atoms with Crippen LogP contribution < -0.4 is 0 Å². The zero-order chi connectivity index (χ0) is 18.3. The summed E-state index contributed by atoms with van der Waals surface area (Å²) in [5.74, 6) is -1.89. The van der Waals surface area contributed by atoms with Crippen LogP contribution in [0.3, 0.4) is 0 Å². The molecule has 0 rings (SSSR count). The van der Waals surface area contributed by atoms with Crippen molar-refractivity contribution in [2.24, 2.45) is 0 Å². The molecule has 0 spiro atoms. The summed E-state index contributed by atoms with van der Waals surface area (Å²) in [4.78, 5) is 32.1. The topological polar surface area (TPSA) is 140 Å². The average Bonchev–Trinajstić information content (AvgIpc) is 2.48. The summed E-state index contributed by atoms with van der Waals surface area (Å²) in [6.45, 7) is 5.26. The lowest BCUT2D eigenvalue weighted by atomic mass is 10.2. The molecule has 0 bridgehead atoms. The zero-order valence-corrected chi connectivity index (χ0v) is 13.7. The number of esters is 3. The maximum absolute atomic E-state index is 10.8. The van der Waals surface area contributed by atoms with Gasteiger partial charge in [0.2, 0.25) is 0 Å². The Morgan fingerprint density at radius 2 is 1.26 bits per heavy atom. The van der Waals surface area contributed by atoms with Gasteiger partial charge in [-0.15, -0.1) is 0 Å². The highest BCUT2D eigenvalue weighted by Gasteiger charge is 2.20. The highest BCUT2D eigenvalue weighted by atomic mass is 16.6. The van der Waals surface area contributed by atoms with E-state index < -0.39 is 36.7 Å². The number of rotatable bonds is 9. The van der Waals surface area contributed by atoms with Crippen LogP contribution in [0.25, 0.3) is 0 Å². The molecule has 0 fully saturated rings. The van der Waals surface area contributed by atoms with Crippen molar-refractivity contribution in [3.05, 3.63) is 0 Å². The molecule has 0 heterocycles. The van der Waals surface area contributed by atoms with E-state index in [2.05, 4.69) is 14.2 Å². The van der Waals surface area contributed by atoms with Gasteiger partial charge in [-0.25, -0.2) is 4.79 Å². The summed E-state index contributed by atoms with van der Waals surface area (Å²) in [5, 5.41) is 26.1. The zero-order valence-electron chi connectivity index (χ0n) is 13.7. The van der Waals surface area contributed by atoms with Gasteiger partial charge in [0.1, 0.15) is 0 Å². The molecule has 2 atom stereocenters. The third-order valence-electron chi connectivity index (χ3n) is 2.14. The van der Waals surface area contributed by atoms with Gasteiger partial charge in [-0.05, 0) is 20.8 Å². The van der Waals surface area contributed by atoms with Gasteiger partial charge < -0.3 is 29.5 Å². The fourth-order valence-corrected chi connectivity index (χ4v) is 1.18. The molecule has 9 nitrogen and oxygen atoms in total. The van der Waals surface area contributed by atoms with E-state index in [0.29, 0.717) is 6.61 Å². The lowest BCUT2D eigenvalue weighted by Crippen LogP contribution is -2.26. The predicted molar refractivity (Wildman–Crippen MR) is 78.2 cm³/mol. The predicted octanol–water partition coefficient (Wildman–Crippen LogP) is -0.844. The maximum Gasteiger partial charge on any atom is 0.335 e. The Hall–Kier alpha value is -1.71. The van der Waals surface area contributed by atoms with E-state index in [1.807, 2.05) is 0 Å². The maximum atomic E-state index is 10.8. The molecule has 0 aliphatic rings. The lowest BCUT2D eigenvalue weighted by Gasteiger charge is -2.08. The number of hydrogen-bond acceptors (Lipinski definition) is 9. The van der Waals surface area contributed by atoms with Crippen LogP contribution in [0.5, 0.6) is 0 Å². The van der Waals surface area contributed by atoms with Crippen LogP contribution in [0.1, 0.15) is 33.6 Å². The van der Waals surface area contributed by atoms with Crippen molar-refractivity contribution in [2.75, 3.05) is 26.4 Å². The normalized spacial score (nSPS) is 12.3. The molecule has 0 radical (unpaired) electrons. The molecule has 0 aromatic heterocycles. The molecule has 0 aromatic rings. The summed E-state index contributed by atoms with van der Waals surface area (Å²) in [6, 6.07) is 0. The average molecular weight is 338 g/mol. The first-order chi connectivity index (χ1) is 10.8. The molecular weight excluding hydrogens is 312 g/mol. The first-order valence-corrected chi connectivity index (χ1v) is 7.27. The summed E-state index contributed by atoms with van der Waals surface area (Å²) in [5.41, 5.74) is 0. The standard InChI is InChI=1S/C8H14O5.C6H12O4/c1-3-12-7(10)5-6(9)8(11)13-4-2;1-2-10-6(9)3-5(8)4-7/h6,9H,3-5H2,1-2H3;5,7-8H,2-4H2,1H3/t6-;5-/m11/s1. The second kappa shape index (κ2) is 15.2. The minimum absolute atomic E-state index is 0.135. The number of ether oxygens (including phenoxy) is 3. The molecular formula is C14H26O9. The Bertz CT molecular complexity index is 343. The SMILES string of the molecule is CCOC(=O)C[C@@H](O)C(=O)OCC.CCOC(=O)C[C@@H](O)CO. The van der Waals surface area contributed by atoms with Crippen molar-refractivity contribution in [1.29, 1.82) is 0 Å². The monoisotopic (exact) mass is 338 g/mol. The molecule has 9 heteroatoms. The van der Waals surface area contributed by atoms with Crippen LogP contribution in [-0.2, 0) is 28.6 Å². The quantitative estimate of drug-likeness (QED) is 0.362. The molecule has 23 heavy (non-hydrogen) atoms. The van der Waals surface area contributed by atoms with E-state index in [4.69, 9.17) is 15.3 Å². The molecule has 0 aromatic carbocycles. The third kappa shape index (κ3) is 15.0. The number of carbonyl (C=O) groups is 3. The van der Waals surface area contributed by atoms with Crippen LogP contribution in [0.4, 0.5) is 0 Å². The second-order valence-electron chi connectivity index (χ2n) is 4.12. The lowest BCUT2D eigenvalue weighted by molar-refractivity contribution is -0.159. The fourth-order valence-electron chi connectivity index (χ4n) is 1.18. The molecule has 0 amide bonds. The number of carbonyl (C=O) groups excluding carboxylic acids is 3. The largest absolute Gasteiger partial charge is 0.466 e. The molecule has 0 aliphatic heterocycles. The van der Waals surface area contributed by atoms with Gasteiger partial charge in [0, 0.05) is 0 Å². The molecule has 0 aliphatic carbocycles. The number of aliphatic hydroxyl groups excluding tert-OH is 3. The van der Waals surface area contributed by atoms with Gasteiger partial charge in [-0.2, -0.15) is 0 Å². The number of aliphatic hydroxyl groups is 3. The molecule has 136 valence electrons. The van der Waals surface area contributed by atoms with E-state index >= 15 is 0 Å². The van der Waals surface area contributed by atoms with Crippen LogP contribution in [0.2, 0.25) is 0 Å². The van der Waals surface area contributed by atoms with Gasteiger partial charge in [0.15, 0.2) is 6.10 Å². The Morgan fingerprint density at radius 1 is 0.826 bits per heavy atom. The van der Waals surface area contributed by atoms with Crippen molar-refractivity contribution in [3.8, 4) is 0 Å². The van der Waals surface area contributed by atoms with E-state index in [1.165, 1.54) is 0 Å². The van der Waals surface area contributed by atoms with E-state index in [9.17, 15) is 14.4 Å². The Labute approximate surface area is 135 Å². The van der Waals surface area contributed by atoms with Gasteiger partial charge in [-0.1, -0.05) is 0 Å². The summed E-state index contributed by atoms with van der Waals surface area (Å²) < 4.78 is 13.5. The third-order valence-corrected chi connectivity index (χ3v) is 2.14. The van der Waals surface area contributed by atoms with Crippen LogP contribution in [0, 0.1) is 0 Å². The highest BCUT2D eigenvalue weighted by molar-refractivity contribution is 5.81. The van der Waals surface area contributed by atoms with E-state index in [-0.39, 0.29) is 26.1 Å². The second-order valence-corrected chi connectivity index (χ2v) is 4.12. The van der Waals surface area contributed by atoms with Crippen LogP contribution in [0.15, 0.2) is 0 Å². The van der Waals surface area contributed by atoms with Crippen molar-refractivity contribution in [2.45, 2.75) is 45.8 Å². The fraction of sp³-hybridized carbons (Fsp3) is 0.786. The van der Waals surface area contributed by atoms with Crippen LogP contribution in [-0.4, -0.2) is 71.9 Å². The van der Waals surface area contributed by atoms with Gasteiger partial charge in [0.25, 0.3) is 0 Å². The van der Waals surface area contributed by atoms with Gasteiger partial charge >= 0.3 is 17.9 Å². The Balaban J connectivity index is 0. The van der Waals surface area contributed by atoms with Crippen molar-refractivity contribution in [3.63, 3.8) is 0 Å². The molecule has 3 N–H and O–H groups in total. The molecule has 0 unspecified atom stereocenters. The molecule has 0 saturated heterocycles. The Kier molecular flexibility index (Phi) is 15.6. The minimum atomic E-state index is -1.42. The smallest absolute Gasteiger partial charge is 0.335 e. The van der Waals surface area contributed by atoms with E-state index in [1.54, 1.807) is 20.8 Å². The summed E-state index contributed by atoms with van der Waals surface area (Å²) in [7, 11) is 0.